The number of H-pyrrole nitrogens is 2. The minimum absolute atomic E-state index is 0.0262. The van der Waals surface area contributed by atoms with Crippen LogP contribution in [0.15, 0.2) is 34.6 Å². The van der Waals surface area contributed by atoms with Crippen LogP contribution in [0.25, 0.3) is 10.9 Å². The summed E-state index contributed by atoms with van der Waals surface area (Å²) >= 11 is 0. The Labute approximate surface area is 155 Å². The van der Waals surface area contributed by atoms with Gasteiger partial charge in [0.25, 0.3) is 22.8 Å². The largest absolute Gasteiger partial charge is 0.612 e. The van der Waals surface area contributed by atoms with Crippen molar-refractivity contribution in [2.75, 3.05) is 7.11 Å². The van der Waals surface area contributed by atoms with E-state index in [-0.39, 0.29) is 16.0 Å². The predicted octanol–water partition coefficient (Wildman–Crippen LogP) is 1.42. The van der Waals surface area contributed by atoms with Gasteiger partial charge in [0, 0.05) is 22.2 Å². The summed E-state index contributed by atoms with van der Waals surface area (Å²) in [5, 5.41) is 37.3. The Morgan fingerprint density at radius 2 is 2.04 bits per heavy atom. The Hall–Kier alpha value is -4.09. The Kier molecular flexibility index (Phi) is 3.70. The maximum absolute atomic E-state index is 12.3. The first kappa shape index (κ1) is 17.3. The van der Waals surface area contributed by atoms with Gasteiger partial charge in [-0.2, -0.15) is 4.90 Å². The summed E-state index contributed by atoms with van der Waals surface area (Å²) in [5.41, 5.74) is 0.0703. The maximum Gasteiger partial charge on any atom is 0.289 e. The first-order chi connectivity index (χ1) is 13.3. The van der Waals surface area contributed by atoms with Gasteiger partial charge >= 0.3 is 0 Å². The number of rotatable bonds is 3. The molecule has 1 aliphatic rings. The van der Waals surface area contributed by atoms with Gasteiger partial charge in [-0.15, -0.1) is 0 Å². The van der Waals surface area contributed by atoms with Gasteiger partial charge in [-0.25, -0.2) is 0 Å². The lowest BCUT2D eigenvalue weighted by Crippen LogP contribution is -2.31. The molecule has 0 radical (unpaired) electrons. The Balaban J connectivity index is 2.10. The molecule has 0 saturated carbocycles. The van der Waals surface area contributed by atoms with E-state index >= 15 is 0 Å². The molecule has 2 aromatic heterocycles. The molecule has 12 heteroatoms. The lowest BCUT2D eigenvalue weighted by Gasteiger charge is -2.15. The number of nitrogens with one attached hydrogen (secondary N) is 2. The van der Waals surface area contributed by atoms with E-state index in [1.807, 2.05) is 0 Å². The fraction of sp³-hybridized carbons (Fsp3) is 0.188. The third-order valence-corrected chi connectivity index (χ3v) is 4.73. The zero-order valence-corrected chi connectivity index (χ0v) is 14.6. The van der Waals surface area contributed by atoms with Gasteiger partial charge in [0.05, 0.1) is 18.1 Å². The van der Waals surface area contributed by atoms with E-state index in [0.29, 0.717) is 27.9 Å². The number of nitro groups is 1. The quantitative estimate of drug-likeness (QED) is 0.389. The van der Waals surface area contributed by atoms with Gasteiger partial charge in [-0.3, -0.25) is 10.1 Å². The number of methoxy groups -OCH3 is 1. The van der Waals surface area contributed by atoms with Crippen molar-refractivity contribution < 1.29 is 23.8 Å². The van der Waals surface area contributed by atoms with Gasteiger partial charge in [0.2, 0.25) is 0 Å². The van der Waals surface area contributed by atoms with E-state index in [1.54, 1.807) is 25.1 Å². The number of hydrogen-bond donors (Lipinski definition) is 2. The Morgan fingerprint density at radius 3 is 2.68 bits per heavy atom. The smallest absolute Gasteiger partial charge is 0.289 e. The topological polar surface area (TPSA) is 169 Å². The number of fused-ring (bicyclic) bond motifs is 2. The predicted molar refractivity (Wildman–Crippen MR) is 94.0 cm³/mol. The van der Waals surface area contributed by atoms with Crippen molar-refractivity contribution in [3.05, 3.63) is 78.1 Å². The molecule has 2 heterocycles. The number of allylic oxidation sites excluding steroid dienone is 2. The minimum Gasteiger partial charge on any atom is -0.612 e. The van der Waals surface area contributed by atoms with E-state index < -0.39 is 27.2 Å². The van der Waals surface area contributed by atoms with Crippen LogP contribution in [-0.2, 0) is 0 Å². The van der Waals surface area contributed by atoms with E-state index in [0.717, 1.165) is 6.08 Å². The molecular formula is C16H13N5O7. The first-order valence-corrected chi connectivity index (χ1v) is 8.01. The van der Waals surface area contributed by atoms with Crippen LogP contribution in [0.1, 0.15) is 28.6 Å². The van der Waals surface area contributed by atoms with Crippen LogP contribution < -0.4 is 9.34 Å². The molecule has 1 atom stereocenters. The van der Waals surface area contributed by atoms with Gasteiger partial charge < -0.3 is 20.1 Å². The fourth-order valence-electron chi connectivity index (χ4n) is 3.56. The van der Waals surface area contributed by atoms with Crippen LogP contribution in [0.5, 0.6) is 5.75 Å². The van der Waals surface area contributed by atoms with Gasteiger partial charge in [0.15, 0.2) is 10.5 Å². The zero-order valence-electron chi connectivity index (χ0n) is 14.6. The fourth-order valence-corrected chi connectivity index (χ4v) is 3.56. The summed E-state index contributed by atoms with van der Waals surface area (Å²) in [6, 6.07) is 5.14. The normalized spacial score (nSPS) is 16.0. The van der Waals surface area contributed by atoms with Gasteiger partial charge in [-0.1, -0.05) is 9.79 Å². The Morgan fingerprint density at radius 1 is 1.29 bits per heavy atom. The van der Waals surface area contributed by atoms with Crippen LogP contribution in [0.3, 0.4) is 0 Å². The standard InChI is InChI=1S/C16H13N5O7/c1-7-13(9-5-8(27-2)3-4-10(9)17-7)14-11(19(22)23)6-12(20(24)25)15-16(14)21(26)28-18-15/h3-6,14,17-18H,1-2H3. The highest BCUT2D eigenvalue weighted by Crippen LogP contribution is 2.41. The third-order valence-electron chi connectivity index (χ3n) is 4.73. The number of ether oxygens (including phenoxy) is 1. The molecule has 1 aliphatic carbocycles. The number of hydrogen-bond acceptors (Lipinski definition) is 7. The molecule has 3 aromatic rings. The van der Waals surface area contributed by atoms with Gasteiger partial charge in [0.1, 0.15) is 5.75 Å². The average Bonchev–Trinajstić information content (AvgIpc) is 3.19. The van der Waals surface area contributed by atoms with Crippen LogP contribution in [0.2, 0.25) is 0 Å². The second-order valence-electron chi connectivity index (χ2n) is 6.19. The Bertz CT molecular complexity index is 1240. The second kappa shape index (κ2) is 5.97. The van der Waals surface area contributed by atoms with E-state index in [1.165, 1.54) is 7.11 Å². The van der Waals surface area contributed by atoms with Crippen LogP contribution in [-0.4, -0.2) is 32.8 Å². The molecule has 4 rings (SSSR count). The summed E-state index contributed by atoms with van der Waals surface area (Å²) in [4.78, 5) is 25.6. The third kappa shape index (κ3) is 2.35. The van der Waals surface area contributed by atoms with Crippen LogP contribution >= 0.6 is 0 Å². The maximum atomic E-state index is 12.3. The summed E-state index contributed by atoms with van der Waals surface area (Å²) in [7, 11) is 1.48. The van der Waals surface area contributed by atoms with Crippen molar-refractivity contribution in [2.45, 2.75) is 12.8 Å². The second-order valence-corrected chi connectivity index (χ2v) is 6.19. The minimum atomic E-state index is -1.19. The molecule has 0 amide bonds. The van der Waals surface area contributed by atoms with E-state index in [2.05, 4.69) is 14.8 Å². The summed E-state index contributed by atoms with van der Waals surface area (Å²) in [6.07, 6.45) is 0.845. The summed E-state index contributed by atoms with van der Waals surface area (Å²) < 4.78 is 9.92. The molecule has 28 heavy (non-hydrogen) atoms. The molecule has 1 unspecified atom stereocenters. The van der Waals surface area contributed by atoms with Crippen molar-refractivity contribution in [1.82, 2.24) is 10.1 Å². The molecule has 1 aromatic carbocycles. The summed E-state index contributed by atoms with van der Waals surface area (Å²) in [6.45, 7) is 1.70. The van der Waals surface area contributed by atoms with Crippen molar-refractivity contribution >= 4 is 16.6 Å². The van der Waals surface area contributed by atoms with Crippen LogP contribution in [0.4, 0.5) is 0 Å². The van der Waals surface area contributed by atoms with Crippen LogP contribution in [0, 0.1) is 32.4 Å². The van der Waals surface area contributed by atoms with Gasteiger partial charge in [-0.05, 0) is 30.0 Å². The number of aromatic nitrogens is 3. The highest BCUT2D eigenvalue weighted by molar-refractivity contribution is 6.06. The van der Waals surface area contributed by atoms with Crippen molar-refractivity contribution in [3.8, 4) is 5.75 Å². The van der Waals surface area contributed by atoms with Crippen molar-refractivity contribution in [2.24, 2.45) is 0 Å². The zero-order chi connectivity index (χ0) is 20.2. The SMILES string of the molecule is COc1ccc2[nH]c(C)c(C3C([N+](=O)[O-])=CC(=[N+]([O-])[O-])c4[nH]o[n+](=O)c43)c2c1. The lowest BCUT2D eigenvalue weighted by molar-refractivity contribution is -0.720. The molecule has 0 spiro atoms. The molecule has 0 fully saturated rings. The van der Waals surface area contributed by atoms with E-state index in [4.69, 9.17) is 4.74 Å². The van der Waals surface area contributed by atoms with Crippen molar-refractivity contribution in [3.63, 3.8) is 0 Å². The lowest BCUT2D eigenvalue weighted by atomic mass is 9.84. The van der Waals surface area contributed by atoms with E-state index in [9.17, 15) is 25.4 Å². The highest BCUT2D eigenvalue weighted by Gasteiger charge is 2.49. The molecule has 0 saturated heterocycles. The molecular weight excluding hydrogens is 374 g/mol. The average molecular weight is 387 g/mol. The summed E-state index contributed by atoms with van der Waals surface area (Å²) in [5.74, 6) is -0.677. The van der Waals surface area contributed by atoms with Crippen molar-refractivity contribution in [1.29, 1.82) is 0 Å². The number of benzene rings is 1. The number of nitrogens with zero attached hydrogens (tertiary/aromatic N) is 3. The first-order valence-electron chi connectivity index (χ1n) is 8.01. The molecule has 144 valence electrons. The highest BCUT2D eigenvalue weighted by atomic mass is 16.8. The monoisotopic (exact) mass is 387 g/mol. The molecule has 12 nitrogen and oxygen atoms in total. The molecule has 0 bridgehead atoms. The number of aromatic amines is 2. The number of aryl methyl sites for hydroxylation is 1. The molecule has 2 N–H and O–H groups in total. The molecule has 0 aliphatic heterocycles.